The number of carbonyl (C=O) groups is 2. The average Bonchev–Trinajstić information content (AvgIpc) is 3.35. The second-order valence-corrected chi connectivity index (χ2v) is 7.40. The molecule has 0 aliphatic carbocycles. The number of ether oxygens (including phenoxy) is 1. The number of nitrogens with zero attached hydrogens (tertiary/aromatic N) is 3. The number of fused-ring (bicyclic) bond motifs is 3. The van der Waals surface area contributed by atoms with E-state index in [4.69, 9.17) is 4.74 Å². The van der Waals surface area contributed by atoms with Gasteiger partial charge in [0.25, 0.3) is 5.91 Å². The summed E-state index contributed by atoms with van der Waals surface area (Å²) in [5.74, 6) is -0.114. The van der Waals surface area contributed by atoms with E-state index in [1.807, 2.05) is 49.9 Å². The SMILES string of the molecule is CNc1nc2[nH]c(-c3cccc(C(C)NC(=O)COC(C)=O)c3)cc2c2c1ncn2C. The highest BCUT2D eigenvalue weighted by molar-refractivity contribution is 6.07. The van der Waals surface area contributed by atoms with Gasteiger partial charge in [-0.1, -0.05) is 18.2 Å². The van der Waals surface area contributed by atoms with Gasteiger partial charge in [-0.3, -0.25) is 9.59 Å². The zero-order valence-electron chi connectivity index (χ0n) is 17.8. The number of pyridine rings is 1. The van der Waals surface area contributed by atoms with E-state index in [9.17, 15) is 9.59 Å². The molecule has 0 bridgehead atoms. The van der Waals surface area contributed by atoms with E-state index in [0.717, 1.165) is 44.7 Å². The van der Waals surface area contributed by atoms with Crippen molar-refractivity contribution in [2.75, 3.05) is 19.0 Å². The lowest BCUT2D eigenvalue weighted by molar-refractivity contribution is -0.146. The van der Waals surface area contributed by atoms with Crippen LogP contribution < -0.4 is 10.6 Å². The number of hydrogen-bond donors (Lipinski definition) is 3. The number of esters is 1. The number of imidazole rings is 1. The molecule has 1 atom stereocenters. The van der Waals surface area contributed by atoms with Crippen LogP contribution in [0.4, 0.5) is 5.82 Å². The summed E-state index contributed by atoms with van der Waals surface area (Å²) in [6.07, 6.45) is 1.78. The third-order valence-corrected chi connectivity index (χ3v) is 5.16. The number of aryl methyl sites for hydroxylation is 1. The van der Waals surface area contributed by atoms with Gasteiger partial charge in [0.2, 0.25) is 0 Å². The number of aromatic nitrogens is 4. The topological polar surface area (TPSA) is 114 Å². The highest BCUT2D eigenvalue weighted by atomic mass is 16.5. The third kappa shape index (κ3) is 3.94. The molecule has 0 saturated carbocycles. The Bertz CT molecular complexity index is 1290. The third-order valence-electron chi connectivity index (χ3n) is 5.16. The van der Waals surface area contributed by atoms with Crippen LogP contribution in [0.1, 0.15) is 25.5 Å². The molecule has 1 unspecified atom stereocenters. The summed E-state index contributed by atoms with van der Waals surface area (Å²) in [5, 5.41) is 6.93. The fourth-order valence-corrected chi connectivity index (χ4v) is 3.64. The molecule has 1 aromatic carbocycles. The molecular formula is C22H24N6O3. The Morgan fingerprint density at radius 2 is 2.10 bits per heavy atom. The quantitative estimate of drug-likeness (QED) is 0.413. The van der Waals surface area contributed by atoms with Crippen LogP contribution in [0.15, 0.2) is 36.7 Å². The molecule has 0 fully saturated rings. The Hall–Kier alpha value is -3.88. The summed E-state index contributed by atoms with van der Waals surface area (Å²) < 4.78 is 6.73. The van der Waals surface area contributed by atoms with Crippen LogP contribution >= 0.6 is 0 Å². The number of hydrogen-bond acceptors (Lipinski definition) is 6. The Morgan fingerprint density at radius 3 is 2.84 bits per heavy atom. The first-order chi connectivity index (χ1) is 14.9. The van der Waals surface area contributed by atoms with E-state index in [1.165, 1.54) is 6.92 Å². The monoisotopic (exact) mass is 420 g/mol. The molecule has 3 N–H and O–H groups in total. The second-order valence-electron chi connectivity index (χ2n) is 7.40. The van der Waals surface area contributed by atoms with Gasteiger partial charge in [0.05, 0.1) is 17.9 Å². The molecule has 4 aromatic rings. The van der Waals surface area contributed by atoms with E-state index in [-0.39, 0.29) is 18.6 Å². The number of aromatic amines is 1. The minimum atomic E-state index is -0.485. The van der Waals surface area contributed by atoms with Crippen molar-refractivity contribution in [1.29, 1.82) is 0 Å². The van der Waals surface area contributed by atoms with Gasteiger partial charge in [0.15, 0.2) is 12.4 Å². The molecule has 0 saturated heterocycles. The number of carbonyl (C=O) groups excluding carboxylic acids is 2. The van der Waals surface area contributed by atoms with Crippen molar-refractivity contribution in [3.05, 3.63) is 42.2 Å². The summed E-state index contributed by atoms with van der Waals surface area (Å²) >= 11 is 0. The minimum absolute atomic E-state index is 0.245. The van der Waals surface area contributed by atoms with Gasteiger partial charge >= 0.3 is 5.97 Å². The van der Waals surface area contributed by atoms with Crippen LogP contribution in [-0.2, 0) is 21.4 Å². The molecule has 3 aromatic heterocycles. The molecule has 9 heteroatoms. The van der Waals surface area contributed by atoms with Gasteiger partial charge in [-0.05, 0) is 30.2 Å². The number of amides is 1. The minimum Gasteiger partial charge on any atom is -0.456 e. The lowest BCUT2D eigenvalue weighted by atomic mass is 10.0. The number of rotatable bonds is 6. The Labute approximate surface area is 178 Å². The standard InChI is InChI=1S/C22H24N6O3/c1-12(25-18(30)10-31-13(2)29)14-6-5-7-15(8-14)17-9-16-20-19(24-11-28(20)4)22(23-3)27-21(16)26-17/h5-9,11-12H,10H2,1-4H3,(H,25,30)(H2,23,26,27). The fraction of sp³-hybridized carbons (Fsp3) is 0.273. The Morgan fingerprint density at radius 1 is 1.29 bits per heavy atom. The molecule has 160 valence electrons. The number of anilines is 1. The van der Waals surface area contributed by atoms with E-state index < -0.39 is 5.97 Å². The summed E-state index contributed by atoms with van der Waals surface area (Å²) in [5.41, 5.74) is 5.40. The zero-order chi connectivity index (χ0) is 22.1. The predicted octanol–water partition coefficient (Wildman–Crippen LogP) is 2.90. The molecule has 9 nitrogen and oxygen atoms in total. The van der Waals surface area contributed by atoms with Gasteiger partial charge in [-0.25, -0.2) is 9.97 Å². The van der Waals surface area contributed by atoms with Gasteiger partial charge in [-0.2, -0.15) is 0 Å². The highest BCUT2D eigenvalue weighted by Crippen LogP contribution is 2.32. The molecule has 0 spiro atoms. The van der Waals surface area contributed by atoms with Gasteiger partial charge in [0, 0.05) is 32.1 Å². The number of benzene rings is 1. The van der Waals surface area contributed by atoms with E-state index in [1.54, 1.807) is 6.33 Å². The highest BCUT2D eigenvalue weighted by Gasteiger charge is 2.16. The normalized spacial score (nSPS) is 12.1. The Kier molecular flexibility index (Phi) is 5.33. The van der Waals surface area contributed by atoms with Crippen molar-refractivity contribution < 1.29 is 14.3 Å². The van der Waals surface area contributed by atoms with E-state index in [0.29, 0.717) is 0 Å². The zero-order valence-corrected chi connectivity index (χ0v) is 17.8. The lowest BCUT2D eigenvalue weighted by Crippen LogP contribution is -2.30. The average molecular weight is 420 g/mol. The molecule has 31 heavy (non-hydrogen) atoms. The molecule has 0 aliphatic rings. The van der Waals surface area contributed by atoms with Crippen molar-refractivity contribution in [2.45, 2.75) is 19.9 Å². The maximum Gasteiger partial charge on any atom is 0.303 e. The smallest absolute Gasteiger partial charge is 0.303 e. The van der Waals surface area contributed by atoms with Gasteiger partial charge < -0.3 is 24.9 Å². The lowest BCUT2D eigenvalue weighted by Gasteiger charge is -2.15. The van der Waals surface area contributed by atoms with E-state index >= 15 is 0 Å². The summed E-state index contributed by atoms with van der Waals surface area (Å²) in [6, 6.07) is 9.72. The second kappa shape index (κ2) is 8.10. The molecule has 1 amide bonds. The first-order valence-corrected chi connectivity index (χ1v) is 9.92. The van der Waals surface area contributed by atoms with Crippen molar-refractivity contribution in [1.82, 2.24) is 24.8 Å². The maximum atomic E-state index is 12.0. The van der Waals surface area contributed by atoms with Gasteiger partial charge in [0.1, 0.15) is 11.2 Å². The predicted molar refractivity (Wildman–Crippen MR) is 119 cm³/mol. The summed E-state index contributed by atoms with van der Waals surface area (Å²) in [7, 11) is 3.79. The van der Waals surface area contributed by atoms with Crippen molar-refractivity contribution in [2.24, 2.45) is 7.05 Å². The van der Waals surface area contributed by atoms with Crippen LogP contribution in [0.25, 0.3) is 33.3 Å². The maximum absolute atomic E-state index is 12.0. The van der Waals surface area contributed by atoms with E-state index in [2.05, 4.69) is 31.7 Å². The van der Waals surface area contributed by atoms with Crippen LogP contribution in [0, 0.1) is 0 Å². The van der Waals surface area contributed by atoms with Crippen LogP contribution in [0.2, 0.25) is 0 Å². The molecule has 0 radical (unpaired) electrons. The van der Waals surface area contributed by atoms with Crippen LogP contribution in [-0.4, -0.2) is 45.1 Å². The Balaban J connectivity index is 1.66. The van der Waals surface area contributed by atoms with Crippen molar-refractivity contribution >= 4 is 39.8 Å². The first kappa shape index (κ1) is 20.4. The van der Waals surface area contributed by atoms with Crippen molar-refractivity contribution in [3.8, 4) is 11.3 Å². The van der Waals surface area contributed by atoms with Gasteiger partial charge in [-0.15, -0.1) is 0 Å². The number of nitrogens with one attached hydrogen (secondary N) is 3. The molecule has 3 heterocycles. The summed E-state index contributed by atoms with van der Waals surface area (Å²) in [4.78, 5) is 35.4. The first-order valence-electron chi connectivity index (χ1n) is 9.92. The van der Waals surface area contributed by atoms with Crippen molar-refractivity contribution in [3.63, 3.8) is 0 Å². The molecule has 4 rings (SSSR count). The summed E-state index contributed by atoms with van der Waals surface area (Å²) in [6.45, 7) is 2.87. The van der Waals surface area contributed by atoms with Crippen LogP contribution in [0.5, 0.6) is 0 Å². The number of H-pyrrole nitrogens is 1. The van der Waals surface area contributed by atoms with Crippen LogP contribution in [0.3, 0.4) is 0 Å². The molecular weight excluding hydrogens is 396 g/mol. The fourth-order valence-electron chi connectivity index (χ4n) is 3.64. The molecule has 0 aliphatic heterocycles. The largest absolute Gasteiger partial charge is 0.456 e.